The molecule has 1 atom stereocenters. The van der Waals surface area contributed by atoms with Crippen molar-refractivity contribution in [1.82, 2.24) is 9.55 Å². The maximum absolute atomic E-state index is 5.91. The number of aromatic nitrogens is 2. The van der Waals surface area contributed by atoms with E-state index in [4.69, 9.17) is 21.9 Å². The molecule has 24 heavy (non-hydrogen) atoms. The SMILES string of the molecule is S=c1nc(-c2ccc(Br)cc2)n(CC2CCCO2)c2c1CCCC2. The average Bonchev–Trinajstić information content (AvgIpc) is 3.11. The number of rotatable bonds is 3. The van der Waals surface area contributed by atoms with Crippen molar-refractivity contribution in [3.8, 4) is 11.4 Å². The largest absolute Gasteiger partial charge is 0.376 e. The van der Waals surface area contributed by atoms with Crippen LogP contribution in [-0.4, -0.2) is 22.3 Å². The number of fused-ring (bicyclic) bond motifs is 1. The van der Waals surface area contributed by atoms with Gasteiger partial charge in [0.05, 0.1) is 12.6 Å². The van der Waals surface area contributed by atoms with Crippen LogP contribution in [0.1, 0.15) is 36.9 Å². The van der Waals surface area contributed by atoms with Gasteiger partial charge in [-0.25, -0.2) is 4.98 Å². The fourth-order valence-electron chi connectivity index (χ4n) is 3.78. The highest BCUT2D eigenvalue weighted by atomic mass is 79.9. The lowest BCUT2D eigenvalue weighted by atomic mass is 9.96. The van der Waals surface area contributed by atoms with Gasteiger partial charge < -0.3 is 9.30 Å². The topological polar surface area (TPSA) is 27.1 Å². The van der Waals surface area contributed by atoms with Gasteiger partial charge in [0, 0.05) is 27.9 Å². The summed E-state index contributed by atoms with van der Waals surface area (Å²) in [6.07, 6.45) is 7.20. The molecule has 2 heterocycles. The molecule has 126 valence electrons. The second-order valence-electron chi connectivity index (χ2n) is 6.63. The first kappa shape index (κ1) is 16.4. The number of nitrogens with zero attached hydrogens (tertiary/aromatic N) is 2. The first-order valence-electron chi connectivity index (χ1n) is 8.72. The molecule has 1 fully saturated rings. The van der Waals surface area contributed by atoms with Crippen molar-refractivity contribution >= 4 is 28.1 Å². The number of hydrogen-bond donors (Lipinski definition) is 0. The second-order valence-corrected chi connectivity index (χ2v) is 7.93. The Morgan fingerprint density at radius 2 is 1.96 bits per heavy atom. The van der Waals surface area contributed by atoms with E-state index in [-0.39, 0.29) is 0 Å². The second kappa shape index (κ2) is 7.06. The van der Waals surface area contributed by atoms with E-state index < -0.39 is 0 Å². The molecular weight excluding hydrogens is 384 g/mol. The van der Waals surface area contributed by atoms with Gasteiger partial charge in [-0.1, -0.05) is 40.3 Å². The molecule has 3 nitrogen and oxygen atoms in total. The zero-order valence-electron chi connectivity index (χ0n) is 13.6. The summed E-state index contributed by atoms with van der Waals surface area (Å²) >= 11 is 9.14. The van der Waals surface area contributed by atoms with Crippen LogP contribution in [-0.2, 0) is 24.1 Å². The Hall–Kier alpha value is -1.04. The van der Waals surface area contributed by atoms with Gasteiger partial charge in [0.15, 0.2) is 0 Å². The molecule has 1 aliphatic carbocycles. The first-order chi connectivity index (χ1) is 11.7. The van der Waals surface area contributed by atoms with Gasteiger partial charge in [-0.2, -0.15) is 0 Å². The lowest BCUT2D eigenvalue weighted by Crippen LogP contribution is -2.24. The van der Waals surface area contributed by atoms with Crippen LogP contribution in [0.2, 0.25) is 0 Å². The molecule has 2 aromatic rings. The van der Waals surface area contributed by atoms with Crippen LogP contribution in [0.4, 0.5) is 0 Å². The maximum Gasteiger partial charge on any atom is 0.141 e. The van der Waals surface area contributed by atoms with Gasteiger partial charge in [-0.15, -0.1) is 0 Å². The van der Waals surface area contributed by atoms with Gasteiger partial charge in [-0.05, 0) is 50.7 Å². The molecule has 0 saturated carbocycles. The summed E-state index contributed by atoms with van der Waals surface area (Å²) in [6.45, 7) is 1.77. The van der Waals surface area contributed by atoms with E-state index in [0.29, 0.717) is 6.10 Å². The molecule has 1 aromatic heterocycles. The first-order valence-corrected chi connectivity index (χ1v) is 9.92. The quantitative estimate of drug-likeness (QED) is 0.665. The fourth-order valence-corrected chi connectivity index (χ4v) is 4.35. The Morgan fingerprint density at radius 1 is 1.17 bits per heavy atom. The summed E-state index contributed by atoms with van der Waals surface area (Å²) in [5.41, 5.74) is 3.79. The zero-order chi connectivity index (χ0) is 16.5. The molecule has 5 heteroatoms. The molecule has 0 amide bonds. The number of benzene rings is 1. The van der Waals surface area contributed by atoms with Crippen LogP contribution in [0.5, 0.6) is 0 Å². The highest BCUT2D eigenvalue weighted by Crippen LogP contribution is 2.29. The van der Waals surface area contributed by atoms with Crippen LogP contribution in [0.3, 0.4) is 0 Å². The molecule has 0 radical (unpaired) electrons. The van der Waals surface area contributed by atoms with Gasteiger partial charge in [0.25, 0.3) is 0 Å². The van der Waals surface area contributed by atoms with Crippen LogP contribution >= 0.6 is 28.1 Å². The van der Waals surface area contributed by atoms with E-state index in [1.54, 1.807) is 0 Å². The Kier molecular flexibility index (Phi) is 4.83. The van der Waals surface area contributed by atoms with Crippen LogP contribution in [0, 0.1) is 4.64 Å². The molecule has 0 bridgehead atoms. The molecule has 0 N–H and O–H groups in total. The van der Waals surface area contributed by atoms with Gasteiger partial charge in [-0.3, -0.25) is 0 Å². The highest BCUT2D eigenvalue weighted by Gasteiger charge is 2.23. The molecule has 2 aliphatic rings. The number of hydrogen-bond acceptors (Lipinski definition) is 3. The van der Waals surface area contributed by atoms with E-state index in [2.05, 4.69) is 44.8 Å². The molecule has 1 aromatic carbocycles. The monoisotopic (exact) mass is 404 g/mol. The summed E-state index contributed by atoms with van der Waals surface area (Å²) in [5.74, 6) is 0.989. The average molecular weight is 405 g/mol. The van der Waals surface area contributed by atoms with E-state index in [1.165, 1.54) is 24.1 Å². The van der Waals surface area contributed by atoms with Gasteiger partial charge in [0.2, 0.25) is 0 Å². The standard InChI is InChI=1S/C19H21BrN2OS/c20-14-9-7-13(8-10-14)18-21-19(24)16-5-1-2-6-17(16)22(18)12-15-4-3-11-23-15/h7-10,15H,1-6,11-12H2. The fraction of sp³-hybridized carbons (Fsp3) is 0.474. The minimum atomic E-state index is 0.299. The van der Waals surface area contributed by atoms with Crippen LogP contribution in [0.25, 0.3) is 11.4 Å². The maximum atomic E-state index is 5.91. The minimum absolute atomic E-state index is 0.299. The summed E-state index contributed by atoms with van der Waals surface area (Å²) in [4.78, 5) is 4.84. The summed E-state index contributed by atoms with van der Waals surface area (Å²) in [7, 11) is 0. The predicted molar refractivity (Wildman–Crippen MR) is 102 cm³/mol. The van der Waals surface area contributed by atoms with E-state index in [9.17, 15) is 0 Å². The van der Waals surface area contributed by atoms with Crippen molar-refractivity contribution in [3.63, 3.8) is 0 Å². The predicted octanol–water partition coefficient (Wildman–Crippen LogP) is 5.10. The van der Waals surface area contributed by atoms with Crippen molar-refractivity contribution in [3.05, 3.63) is 44.6 Å². The smallest absolute Gasteiger partial charge is 0.141 e. The molecule has 0 spiro atoms. The number of ether oxygens (including phenoxy) is 1. The van der Waals surface area contributed by atoms with E-state index >= 15 is 0 Å². The Bertz CT molecular complexity index is 794. The lowest BCUT2D eigenvalue weighted by Gasteiger charge is -2.26. The van der Waals surface area contributed by atoms with Crippen molar-refractivity contribution in [2.75, 3.05) is 6.61 Å². The van der Waals surface area contributed by atoms with Crippen molar-refractivity contribution < 1.29 is 4.74 Å². The normalized spacial score (nSPS) is 20.1. The van der Waals surface area contributed by atoms with E-state index in [0.717, 1.165) is 59.3 Å². The van der Waals surface area contributed by atoms with Crippen molar-refractivity contribution in [2.24, 2.45) is 0 Å². The van der Waals surface area contributed by atoms with E-state index in [1.807, 2.05) is 0 Å². The van der Waals surface area contributed by atoms with Crippen LogP contribution in [0.15, 0.2) is 28.7 Å². The third-order valence-corrected chi connectivity index (χ3v) is 5.86. The lowest BCUT2D eigenvalue weighted by molar-refractivity contribution is 0.0961. The van der Waals surface area contributed by atoms with Gasteiger partial charge >= 0.3 is 0 Å². The summed E-state index contributed by atoms with van der Waals surface area (Å²) in [5, 5.41) is 0. The molecule has 4 rings (SSSR count). The molecule has 1 saturated heterocycles. The zero-order valence-corrected chi connectivity index (χ0v) is 16.0. The Morgan fingerprint density at radius 3 is 2.71 bits per heavy atom. The highest BCUT2D eigenvalue weighted by molar-refractivity contribution is 9.10. The van der Waals surface area contributed by atoms with Crippen molar-refractivity contribution in [2.45, 2.75) is 51.2 Å². The number of halogens is 1. The molecular formula is C19H21BrN2OS. The summed E-state index contributed by atoms with van der Waals surface area (Å²) < 4.78 is 10.2. The molecule has 1 unspecified atom stereocenters. The minimum Gasteiger partial charge on any atom is -0.376 e. The Balaban J connectivity index is 1.85. The third kappa shape index (κ3) is 3.22. The van der Waals surface area contributed by atoms with Gasteiger partial charge in [0.1, 0.15) is 10.5 Å². The van der Waals surface area contributed by atoms with Crippen LogP contribution < -0.4 is 0 Å². The third-order valence-electron chi connectivity index (χ3n) is 5.00. The summed E-state index contributed by atoms with van der Waals surface area (Å²) in [6, 6.07) is 8.36. The van der Waals surface area contributed by atoms with Crippen molar-refractivity contribution in [1.29, 1.82) is 0 Å². The molecule has 1 aliphatic heterocycles. The Labute approximate surface area is 156 Å².